The third kappa shape index (κ3) is 19.3. The normalized spacial score (nSPS) is 16.7. The number of amides is 2. The Labute approximate surface area is 268 Å². The van der Waals surface area contributed by atoms with Crippen molar-refractivity contribution in [3.63, 3.8) is 0 Å². The highest BCUT2D eigenvalue weighted by Gasteiger charge is 2.22. The molecule has 0 saturated carbocycles. The van der Waals surface area contributed by atoms with Crippen molar-refractivity contribution >= 4 is 29.7 Å². The van der Waals surface area contributed by atoms with Gasteiger partial charge in [0.15, 0.2) is 0 Å². The maximum Gasteiger partial charge on any atom is 0.317 e. The summed E-state index contributed by atoms with van der Waals surface area (Å²) in [6.45, 7) is 9.35. The van der Waals surface area contributed by atoms with Crippen molar-refractivity contribution in [2.75, 3.05) is 126 Å². The molecule has 0 aromatic carbocycles. The molecule has 1 saturated heterocycles. The lowest BCUT2D eigenvalue weighted by Gasteiger charge is -2.33. The molecule has 0 radical (unpaired) electrons. The first-order valence-corrected chi connectivity index (χ1v) is 15.9. The van der Waals surface area contributed by atoms with Crippen molar-refractivity contribution < 1.29 is 39.3 Å². The topological polar surface area (TPSA) is 169 Å². The van der Waals surface area contributed by atoms with Crippen LogP contribution in [-0.2, 0) is 24.0 Å². The van der Waals surface area contributed by atoms with Crippen LogP contribution >= 0.6 is 0 Å². The second-order valence-corrected chi connectivity index (χ2v) is 12.5. The van der Waals surface area contributed by atoms with Gasteiger partial charge in [0.1, 0.15) is 0 Å². The third-order valence-electron chi connectivity index (χ3n) is 7.87. The Morgan fingerprint density at radius 2 is 0.844 bits per heavy atom. The van der Waals surface area contributed by atoms with Crippen LogP contribution in [0.1, 0.15) is 33.1 Å². The number of rotatable bonds is 18. The number of hydrogen-bond donors (Lipinski definition) is 3. The Balaban J connectivity index is 2.69. The van der Waals surface area contributed by atoms with Crippen LogP contribution in [0.5, 0.6) is 0 Å². The van der Waals surface area contributed by atoms with E-state index in [1.165, 1.54) is 0 Å². The Morgan fingerprint density at radius 3 is 1.16 bits per heavy atom. The zero-order valence-corrected chi connectivity index (χ0v) is 28.0. The maximum absolute atomic E-state index is 13.2. The van der Waals surface area contributed by atoms with Gasteiger partial charge in [0.2, 0.25) is 11.8 Å². The van der Waals surface area contributed by atoms with Gasteiger partial charge in [-0.1, -0.05) is 13.8 Å². The average molecular weight is 644 g/mol. The smallest absolute Gasteiger partial charge is 0.317 e. The van der Waals surface area contributed by atoms with E-state index in [0.29, 0.717) is 77.8 Å². The van der Waals surface area contributed by atoms with Crippen molar-refractivity contribution in [3.05, 3.63) is 0 Å². The Kier molecular flexibility index (Phi) is 19.5. The molecule has 1 aliphatic rings. The molecule has 1 rings (SSSR count). The highest BCUT2D eigenvalue weighted by Crippen LogP contribution is 2.05. The van der Waals surface area contributed by atoms with Crippen molar-refractivity contribution in [2.24, 2.45) is 5.92 Å². The molecule has 15 nitrogen and oxygen atoms in total. The summed E-state index contributed by atoms with van der Waals surface area (Å²) in [6.07, 6.45) is 2.21. The Bertz CT molecular complexity index is 906. The predicted molar refractivity (Wildman–Crippen MR) is 170 cm³/mol. The summed E-state index contributed by atoms with van der Waals surface area (Å²) in [5, 5.41) is 28.1. The Morgan fingerprint density at radius 1 is 0.533 bits per heavy atom. The zero-order chi connectivity index (χ0) is 33.9. The molecule has 1 fully saturated rings. The van der Waals surface area contributed by atoms with E-state index >= 15 is 0 Å². The molecule has 45 heavy (non-hydrogen) atoms. The van der Waals surface area contributed by atoms with E-state index in [0.717, 1.165) is 25.9 Å². The van der Waals surface area contributed by atoms with E-state index in [-0.39, 0.29) is 38.0 Å². The van der Waals surface area contributed by atoms with Crippen LogP contribution < -0.4 is 0 Å². The first-order chi connectivity index (χ1) is 21.2. The molecule has 0 unspecified atom stereocenters. The number of nitrogens with zero attached hydrogens (tertiary/aromatic N) is 7. The second-order valence-electron chi connectivity index (χ2n) is 12.5. The van der Waals surface area contributed by atoms with E-state index < -0.39 is 17.9 Å². The van der Waals surface area contributed by atoms with E-state index in [4.69, 9.17) is 0 Å². The summed E-state index contributed by atoms with van der Waals surface area (Å²) < 4.78 is 0. The van der Waals surface area contributed by atoms with Gasteiger partial charge >= 0.3 is 17.9 Å². The molecule has 0 aliphatic carbocycles. The molecule has 15 heteroatoms. The van der Waals surface area contributed by atoms with Gasteiger partial charge in [0, 0.05) is 86.0 Å². The van der Waals surface area contributed by atoms with Gasteiger partial charge in [-0.05, 0) is 38.9 Å². The van der Waals surface area contributed by atoms with E-state index in [2.05, 4.69) is 4.90 Å². The number of carbonyl (C=O) groups is 5. The van der Waals surface area contributed by atoms with Crippen molar-refractivity contribution in [1.82, 2.24) is 34.3 Å². The minimum Gasteiger partial charge on any atom is -0.480 e. The summed E-state index contributed by atoms with van der Waals surface area (Å²) in [7, 11) is 5.63. The van der Waals surface area contributed by atoms with Crippen LogP contribution in [0.25, 0.3) is 0 Å². The lowest BCUT2D eigenvalue weighted by atomic mass is 10.1. The molecular formula is C30H57N7O8. The van der Waals surface area contributed by atoms with Crippen LogP contribution in [0.3, 0.4) is 0 Å². The first-order valence-electron chi connectivity index (χ1n) is 15.9. The average Bonchev–Trinajstić information content (AvgIpc) is 2.92. The molecule has 0 spiro atoms. The number of likely N-dealkylation sites (N-methyl/N-ethyl adjacent to an activating group) is 1. The molecule has 3 N–H and O–H groups in total. The SMILES string of the molecule is CC(C)CC(=O)N(C)CCCN(C)CCCN(C)C(=O)CN1CCN(CC(=O)O)CCN(CC(=O)O)CCN(CC(=O)O)CC1. The van der Waals surface area contributed by atoms with Crippen molar-refractivity contribution in [1.29, 1.82) is 0 Å². The Hall–Kier alpha value is -2.85. The van der Waals surface area contributed by atoms with Crippen LogP contribution in [0.4, 0.5) is 0 Å². The highest BCUT2D eigenvalue weighted by molar-refractivity contribution is 5.78. The largest absolute Gasteiger partial charge is 0.480 e. The minimum atomic E-state index is -1.00. The highest BCUT2D eigenvalue weighted by atomic mass is 16.4. The third-order valence-corrected chi connectivity index (χ3v) is 7.87. The lowest BCUT2D eigenvalue weighted by molar-refractivity contribution is -0.140. The number of carboxylic acids is 3. The van der Waals surface area contributed by atoms with Gasteiger partial charge in [-0.25, -0.2) is 0 Å². The summed E-state index contributed by atoms with van der Waals surface area (Å²) in [5.74, 6) is -2.55. The lowest BCUT2D eigenvalue weighted by Crippen LogP contribution is -2.50. The van der Waals surface area contributed by atoms with Gasteiger partial charge in [-0.3, -0.25) is 43.6 Å². The molecule has 0 aromatic rings. The summed E-state index contributed by atoms with van der Waals surface area (Å²) in [6, 6.07) is 0. The van der Waals surface area contributed by atoms with E-state index in [1.54, 1.807) is 31.5 Å². The number of aliphatic carboxylic acids is 3. The van der Waals surface area contributed by atoms with Gasteiger partial charge < -0.3 is 30.0 Å². The fourth-order valence-electron chi connectivity index (χ4n) is 5.12. The molecule has 1 heterocycles. The van der Waals surface area contributed by atoms with E-state index in [1.807, 2.05) is 32.8 Å². The predicted octanol–water partition coefficient (Wildman–Crippen LogP) is -0.863. The van der Waals surface area contributed by atoms with E-state index in [9.17, 15) is 39.3 Å². The molecule has 0 bridgehead atoms. The standard InChI is InChI=1S/C30H57N7O8/c1-25(2)20-26(38)32(4)10-6-8-31(3)9-7-11-33(5)27(39)21-34-12-14-35(22-28(40)41)16-18-37(24-30(44)45)19-17-36(15-13-34)23-29(42)43/h25H,6-24H2,1-5H3,(H,40,41)(H,42,43)(H,44,45). The molecular weight excluding hydrogens is 586 g/mol. The molecule has 2 amide bonds. The van der Waals surface area contributed by atoms with Gasteiger partial charge in [-0.2, -0.15) is 0 Å². The van der Waals surface area contributed by atoms with Crippen LogP contribution in [-0.4, -0.2) is 205 Å². The fraction of sp³-hybridized carbons (Fsp3) is 0.833. The molecule has 0 atom stereocenters. The summed E-state index contributed by atoms with van der Waals surface area (Å²) >= 11 is 0. The monoisotopic (exact) mass is 643 g/mol. The molecule has 0 aromatic heterocycles. The maximum atomic E-state index is 13.2. The van der Waals surface area contributed by atoms with Crippen molar-refractivity contribution in [3.8, 4) is 0 Å². The summed E-state index contributed by atoms with van der Waals surface area (Å²) in [5.41, 5.74) is 0. The zero-order valence-electron chi connectivity index (χ0n) is 28.0. The number of hydrogen-bond acceptors (Lipinski definition) is 10. The van der Waals surface area contributed by atoms with Crippen LogP contribution in [0.15, 0.2) is 0 Å². The van der Waals surface area contributed by atoms with Crippen molar-refractivity contribution in [2.45, 2.75) is 33.1 Å². The van der Waals surface area contributed by atoms with Gasteiger partial charge in [0.05, 0.1) is 26.2 Å². The molecule has 260 valence electrons. The molecule has 1 aliphatic heterocycles. The quantitative estimate of drug-likeness (QED) is 0.169. The van der Waals surface area contributed by atoms with Gasteiger partial charge in [0.25, 0.3) is 0 Å². The first kappa shape index (κ1) is 40.2. The number of carboxylic acid groups (broad SMARTS) is 3. The second kappa shape index (κ2) is 21.8. The fourth-order valence-corrected chi connectivity index (χ4v) is 5.12. The number of carbonyl (C=O) groups excluding carboxylic acids is 2. The van der Waals surface area contributed by atoms with Gasteiger partial charge in [-0.15, -0.1) is 0 Å². The minimum absolute atomic E-state index is 0.0720. The van der Waals surface area contributed by atoms with Crippen LogP contribution in [0.2, 0.25) is 0 Å². The summed E-state index contributed by atoms with van der Waals surface area (Å²) in [4.78, 5) is 72.4. The van der Waals surface area contributed by atoms with Crippen LogP contribution in [0, 0.1) is 5.92 Å².